The SMILES string of the molecule is CC(Oc1ccc(C(N)=O)cc1)C(=O)c1cccc(Cl)c1. The lowest BCUT2D eigenvalue weighted by atomic mass is 10.1. The predicted molar refractivity (Wildman–Crippen MR) is 80.8 cm³/mol. The maximum absolute atomic E-state index is 12.2. The van der Waals surface area contributed by atoms with Gasteiger partial charge in [0.1, 0.15) is 5.75 Å². The highest BCUT2D eigenvalue weighted by Gasteiger charge is 2.17. The van der Waals surface area contributed by atoms with Crippen LogP contribution in [0.1, 0.15) is 27.6 Å². The van der Waals surface area contributed by atoms with E-state index >= 15 is 0 Å². The van der Waals surface area contributed by atoms with E-state index in [-0.39, 0.29) is 5.78 Å². The zero-order valence-corrected chi connectivity index (χ0v) is 12.1. The van der Waals surface area contributed by atoms with Gasteiger partial charge in [-0.25, -0.2) is 0 Å². The molecule has 0 heterocycles. The van der Waals surface area contributed by atoms with Crippen LogP contribution in [0.2, 0.25) is 5.02 Å². The minimum atomic E-state index is -0.664. The molecule has 0 radical (unpaired) electrons. The van der Waals surface area contributed by atoms with Crippen LogP contribution in [-0.4, -0.2) is 17.8 Å². The third-order valence-electron chi connectivity index (χ3n) is 2.93. The lowest BCUT2D eigenvalue weighted by molar-refractivity contribution is 0.0817. The van der Waals surface area contributed by atoms with Gasteiger partial charge in [0.15, 0.2) is 6.10 Å². The van der Waals surface area contributed by atoms with Crippen molar-refractivity contribution >= 4 is 23.3 Å². The van der Waals surface area contributed by atoms with Gasteiger partial charge in [-0.3, -0.25) is 9.59 Å². The zero-order chi connectivity index (χ0) is 15.4. The molecule has 0 aliphatic heterocycles. The molecule has 0 fully saturated rings. The van der Waals surface area contributed by atoms with E-state index < -0.39 is 12.0 Å². The van der Waals surface area contributed by atoms with Gasteiger partial charge in [0.2, 0.25) is 11.7 Å². The Morgan fingerprint density at radius 2 is 1.76 bits per heavy atom. The minimum Gasteiger partial charge on any atom is -0.483 e. The number of ether oxygens (including phenoxy) is 1. The van der Waals surface area contributed by atoms with Crippen LogP contribution in [0.15, 0.2) is 48.5 Å². The number of amides is 1. The largest absolute Gasteiger partial charge is 0.483 e. The second kappa shape index (κ2) is 6.41. The molecular weight excluding hydrogens is 290 g/mol. The Morgan fingerprint density at radius 1 is 1.10 bits per heavy atom. The Labute approximate surface area is 127 Å². The fourth-order valence-corrected chi connectivity index (χ4v) is 2.02. The molecule has 0 saturated carbocycles. The number of halogens is 1. The highest BCUT2D eigenvalue weighted by molar-refractivity contribution is 6.31. The van der Waals surface area contributed by atoms with E-state index in [0.29, 0.717) is 21.9 Å². The highest BCUT2D eigenvalue weighted by atomic mass is 35.5. The monoisotopic (exact) mass is 303 g/mol. The topological polar surface area (TPSA) is 69.4 Å². The number of Topliss-reactive ketones (excluding diaryl/α,β-unsaturated/α-hetero) is 1. The van der Waals surface area contributed by atoms with Gasteiger partial charge >= 0.3 is 0 Å². The molecule has 2 aromatic rings. The summed E-state index contributed by atoms with van der Waals surface area (Å²) in [6.07, 6.45) is -0.664. The normalized spacial score (nSPS) is 11.7. The molecule has 21 heavy (non-hydrogen) atoms. The molecule has 1 unspecified atom stereocenters. The first-order valence-electron chi connectivity index (χ1n) is 6.33. The molecule has 1 atom stereocenters. The molecule has 0 aliphatic carbocycles. The molecule has 2 aromatic carbocycles. The summed E-state index contributed by atoms with van der Waals surface area (Å²) in [7, 11) is 0. The number of benzene rings is 2. The van der Waals surface area contributed by atoms with Crippen LogP contribution < -0.4 is 10.5 Å². The Bertz CT molecular complexity index is 667. The maximum Gasteiger partial charge on any atom is 0.248 e. The van der Waals surface area contributed by atoms with Gasteiger partial charge in [0.05, 0.1) is 0 Å². The number of carbonyl (C=O) groups is 2. The molecule has 5 heteroatoms. The number of hydrogen-bond donors (Lipinski definition) is 1. The quantitative estimate of drug-likeness (QED) is 0.863. The average molecular weight is 304 g/mol. The molecule has 1 amide bonds. The molecule has 108 valence electrons. The third-order valence-corrected chi connectivity index (χ3v) is 3.17. The van der Waals surface area contributed by atoms with E-state index in [1.807, 2.05) is 0 Å². The van der Waals surface area contributed by atoms with Crippen LogP contribution in [0.4, 0.5) is 0 Å². The standard InChI is InChI=1S/C16H14ClNO3/c1-10(15(19)12-3-2-4-13(17)9-12)21-14-7-5-11(6-8-14)16(18)20/h2-10H,1H3,(H2,18,20). The van der Waals surface area contributed by atoms with Gasteiger partial charge in [-0.15, -0.1) is 0 Å². The molecular formula is C16H14ClNO3. The number of ketones is 1. The van der Waals surface area contributed by atoms with E-state index in [2.05, 4.69) is 0 Å². The summed E-state index contributed by atoms with van der Waals surface area (Å²) >= 11 is 5.86. The van der Waals surface area contributed by atoms with Crippen molar-refractivity contribution in [2.45, 2.75) is 13.0 Å². The van der Waals surface area contributed by atoms with Crippen molar-refractivity contribution in [1.82, 2.24) is 0 Å². The maximum atomic E-state index is 12.2. The van der Waals surface area contributed by atoms with E-state index in [1.54, 1.807) is 55.5 Å². The van der Waals surface area contributed by atoms with Crippen molar-refractivity contribution < 1.29 is 14.3 Å². The van der Waals surface area contributed by atoms with Crippen LogP contribution in [0, 0.1) is 0 Å². The number of carbonyl (C=O) groups excluding carboxylic acids is 2. The lowest BCUT2D eigenvalue weighted by Crippen LogP contribution is -2.24. The summed E-state index contributed by atoms with van der Waals surface area (Å²) < 4.78 is 5.56. The van der Waals surface area contributed by atoms with Crippen LogP contribution in [-0.2, 0) is 0 Å². The Balaban J connectivity index is 2.08. The van der Waals surface area contributed by atoms with Crippen molar-refractivity contribution in [3.63, 3.8) is 0 Å². The van der Waals surface area contributed by atoms with Gasteiger partial charge < -0.3 is 10.5 Å². The summed E-state index contributed by atoms with van der Waals surface area (Å²) in [5, 5.41) is 0.499. The van der Waals surface area contributed by atoms with Crippen molar-refractivity contribution in [2.24, 2.45) is 5.73 Å². The van der Waals surface area contributed by atoms with Crippen LogP contribution in [0.5, 0.6) is 5.75 Å². The van der Waals surface area contributed by atoms with Gasteiger partial charge in [-0.2, -0.15) is 0 Å². The first kappa shape index (κ1) is 15.1. The van der Waals surface area contributed by atoms with Crippen molar-refractivity contribution in [2.75, 3.05) is 0 Å². The fourth-order valence-electron chi connectivity index (χ4n) is 1.83. The van der Waals surface area contributed by atoms with E-state index in [1.165, 1.54) is 0 Å². The van der Waals surface area contributed by atoms with E-state index in [4.69, 9.17) is 22.1 Å². The number of primary amides is 1. The Hall–Kier alpha value is -2.33. The molecule has 0 bridgehead atoms. The number of rotatable bonds is 5. The molecule has 0 saturated heterocycles. The van der Waals surface area contributed by atoms with Gasteiger partial charge in [0.25, 0.3) is 0 Å². The van der Waals surface area contributed by atoms with Crippen molar-refractivity contribution in [3.05, 3.63) is 64.7 Å². The smallest absolute Gasteiger partial charge is 0.248 e. The number of nitrogens with two attached hydrogens (primary N) is 1. The Kier molecular flexibility index (Phi) is 4.60. The van der Waals surface area contributed by atoms with E-state index in [0.717, 1.165) is 0 Å². The lowest BCUT2D eigenvalue weighted by Gasteiger charge is -2.14. The average Bonchev–Trinajstić information content (AvgIpc) is 2.47. The number of hydrogen-bond acceptors (Lipinski definition) is 3. The third kappa shape index (κ3) is 3.83. The molecule has 0 spiro atoms. The summed E-state index contributed by atoms with van der Waals surface area (Å²) in [4.78, 5) is 23.2. The fraction of sp³-hybridized carbons (Fsp3) is 0.125. The summed E-state index contributed by atoms with van der Waals surface area (Å²) in [5.41, 5.74) is 6.03. The molecule has 2 N–H and O–H groups in total. The van der Waals surface area contributed by atoms with Crippen molar-refractivity contribution in [3.8, 4) is 5.75 Å². The summed E-state index contributed by atoms with van der Waals surface area (Å²) in [6, 6.07) is 13.0. The molecule has 0 aliphatic rings. The second-order valence-corrected chi connectivity index (χ2v) is 4.96. The highest BCUT2D eigenvalue weighted by Crippen LogP contribution is 2.17. The van der Waals surface area contributed by atoms with Gasteiger partial charge in [-0.1, -0.05) is 23.7 Å². The summed E-state index contributed by atoms with van der Waals surface area (Å²) in [5.74, 6) is -0.191. The first-order valence-corrected chi connectivity index (χ1v) is 6.71. The van der Waals surface area contributed by atoms with Crippen LogP contribution in [0.25, 0.3) is 0 Å². The van der Waals surface area contributed by atoms with Gasteiger partial charge in [0, 0.05) is 16.1 Å². The van der Waals surface area contributed by atoms with Crippen LogP contribution >= 0.6 is 11.6 Å². The van der Waals surface area contributed by atoms with Gasteiger partial charge in [-0.05, 0) is 43.3 Å². The first-order chi connectivity index (χ1) is 9.97. The summed E-state index contributed by atoms with van der Waals surface area (Å²) in [6.45, 7) is 1.66. The predicted octanol–water partition coefficient (Wildman–Crippen LogP) is 3.09. The minimum absolute atomic E-state index is 0.170. The Morgan fingerprint density at radius 3 is 2.33 bits per heavy atom. The molecule has 0 aromatic heterocycles. The van der Waals surface area contributed by atoms with E-state index in [9.17, 15) is 9.59 Å². The molecule has 2 rings (SSSR count). The second-order valence-electron chi connectivity index (χ2n) is 4.52. The zero-order valence-electron chi connectivity index (χ0n) is 11.4. The van der Waals surface area contributed by atoms with Crippen LogP contribution in [0.3, 0.4) is 0 Å². The van der Waals surface area contributed by atoms with Crippen molar-refractivity contribution in [1.29, 1.82) is 0 Å². The molecule has 4 nitrogen and oxygen atoms in total.